The molecule has 0 spiro atoms. The first-order chi connectivity index (χ1) is 10.7. The van der Waals surface area contributed by atoms with Crippen molar-refractivity contribution in [2.45, 2.75) is 52.6 Å². The lowest BCUT2D eigenvalue weighted by molar-refractivity contribution is -0.122. The summed E-state index contributed by atoms with van der Waals surface area (Å²) in [6, 6.07) is 3.51. The van der Waals surface area contributed by atoms with Gasteiger partial charge in [0.05, 0.1) is 12.2 Å². The number of amides is 1. The van der Waals surface area contributed by atoms with Crippen molar-refractivity contribution in [3.05, 3.63) is 40.6 Å². The first-order valence-electron chi connectivity index (χ1n) is 7.78. The third-order valence-electron chi connectivity index (χ3n) is 4.07. The van der Waals surface area contributed by atoms with E-state index in [2.05, 4.69) is 15.5 Å². The zero-order valence-electron chi connectivity index (χ0n) is 14.4. The van der Waals surface area contributed by atoms with E-state index in [1.807, 2.05) is 27.7 Å². The molecule has 126 valence electrons. The number of H-pyrrole nitrogens is 1. The van der Waals surface area contributed by atoms with Crippen LogP contribution in [-0.4, -0.2) is 27.8 Å². The quantitative estimate of drug-likeness (QED) is 0.762. The number of nitrogens with one attached hydrogen (secondary N) is 2. The average Bonchev–Trinajstić information content (AvgIpc) is 3.03. The van der Waals surface area contributed by atoms with E-state index in [1.54, 1.807) is 19.1 Å². The Morgan fingerprint density at radius 3 is 2.65 bits per heavy atom. The van der Waals surface area contributed by atoms with Crippen LogP contribution in [0.25, 0.3) is 0 Å². The summed E-state index contributed by atoms with van der Waals surface area (Å²) in [7, 11) is 0. The van der Waals surface area contributed by atoms with E-state index < -0.39 is 5.60 Å². The van der Waals surface area contributed by atoms with Gasteiger partial charge in [0.25, 0.3) is 0 Å². The predicted molar refractivity (Wildman–Crippen MR) is 87.1 cm³/mol. The van der Waals surface area contributed by atoms with Gasteiger partial charge in [-0.25, -0.2) is 0 Å². The van der Waals surface area contributed by atoms with Crippen molar-refractivity contribution in [2.24, 2.45) is 0 Å². The van der Waals surface area contributed by atoms with Gasteiger partial charge >= 0.3 is 0 Å². The lowest BCUT2D eigenvalue weighted by Crippen LogP contribution is -2.38. The maximum Gasteiger partial charge on any atom is 0.220 e. The number of rotatable bonds is 6. The van der Waals surface area contributed by atoms with Gasteiger partial charge in [-0.3, -0.25) is 9.89 Å². The van der Waals surface area contributed by atoms with Crippen molar-refractivity contribution in [3.63, 3.8) is 0 Å². The highest BCUT2D eigenvalue weighted by atomic mass is 16.4. The van der Waals surface area contributed by atoms with Gasteiger partial charge in [0.1, 0.15) is 17.1 Å². The summed E-state index contributed by atoms with van der Waals surface area (Å²) in [5.74, 6) is 1.13. The molecule has 0 fully saturated rings. The van der Waals surface area contributed by atoms with Crippen LogP contribution in [0, 0.1) is 20.8 Å². The van der Waals surface area contributed by atoms with Crippen molar-refractivity contribution >= 4 is 5.91 Å². The molecule has 2 aromatic heterocycles. The van der Waals surface area contributed by atoms with E-state index in [0.29, 0.717) is 12.2 Å². The Morgan fingerprint density at radius 2 is 2.13 bits per heavy atom. The molecule has 0 radical (unpaired) electrons. The Hall–Kier alpha value is -2.08. The molecule has 2 aromatic rings. The summed E-state index contributed by atoms with van der Waals surface area (Å²) in [5.41, 5.74) is 1.75. The van der Waals surface area contributed by atoms with Gasteiger partial charge in [0.15, 0.2) is 0 Å². The van der Waals surface area contributed by atoms with E-state index >= 15 is 0 Å². The van der Waals surface area contributed by atoms with Crippen molar-refractivity contribution in [3.8, 4) is 0 Å². The lowest BCUT2D eigenvalue weighted by atomic mass is 9.95. The first kappa shape index (κ1) is 17.3. The average molecular weight is 319 g/mol. The fourth-order valence-corrected chi connectivity index (χ4v) is 2.82. The fraction of sp³-hybridized carbons (Fsp3) is 0.529. The number of carbonyl (C=O) groups is 1. The van der Waals surface area contributed by atoms with Gasteiger partial charge in [0, 0.05) is 12.1 Å². The highest BCUT2D eigenvalue weighted by molar-refractivity contribution is 5.77. The molecule has 6 heteroatoms. The molecule has 0 bridgehead atoms. The summed E-state index contributed by atoms with van der Waals surface area (Å²) in [6.07, 6.45) is 0.342. The van der Waals surface area contributed by atoms with Crippen molar-refractivity contribution in [1.82, 2.24) is 15.5 Å². The Labute approximate surface area is 136 Å². The molecule has 0 aliphatic carbocycles. The number of aryl methyl sites for hydroxylation is 3. The molecule has 3 N–H and O–H groups in total. The highest BCUT2D eigenvalue weighted by Crippen LogP contribution is 2.25. The normalized spacial score (nSPS) is 15.2. The van der Waals surface area contributed by atoms with Gasteiger partial charge in [-0.1, -0.05) is 6.92 Å². The maximum absolute atomic E-state index is 12.2. The molecule has 2 atom stereocenters. The van der Waals surface area contributed by atoms with Gasteiger partial charge in [-0.15, -0.1) is 0 Å². The molecule has 0 aliphatic rings. The molecular weight excluding hydrogens is 294 g/mol. The molecule has 2 unspecified atom stereocenters. The molecule has 23 heavy (non-hydrogen) atoms. The standard InChI is InChI=1S/C17H25N3O3/c1-10(16-12(3)19-20-13(16)4)8-15(21)18-9-17(5,22)14-7-6-11(2)23-14/h6-7,10,22H,8-9H2,1-5H3,(H,18,21)(H,19,20). The molecular formula is C17H25N3O3. The minimum absolute atomic E-state index is 0.0598. The van der Waals surface area contributed by atoms with Crippen LogP contribution in [0.2, 0.25) is 0 Å². The summed E-state index contributed by atoms with van der Waals surface area (Å²) in [4.78, 5) is 12.2. The lowest BCUT2D eigenvalue weighted by Gasteiger charge is -2.22. The van der Waals surface area contributed by atoms with Gasteiger partial charge in [-0.05, 0) is 51.3 Å². The number of nitrogens with zero attached hydrogens (tertiary/aromatic N) is 1. The van der Waals surface area contributed by atoms with Crippen LogP contribution in [0.4, 0.5) is 0 Å². The zero-order valence-corrected chi connectivity index (χ0v) is 14.4. The van der Waals surface area contributed by atoms with Crippen molar-refractivity contribution in [1.29, 1.82) is 0 Å². The van der Waals surface area contributed by atoms with Gasteiger partial charge in [-0.2, -0.15) is 5.10 Å². The van der Waals surface area contributed by atoms with E-state index in [9.17, 15) is 9.90 Å². The van der Waals surface area contributed by atoms with Crippen LogP contribution in [0.5, 0.6) is 0 Å². The number of aromatic nitrogens is 2. The second-order valence-electron chi connectivity index (χ2n) is 6.41. The first-order valence-corrected chi connectivity index (χ1v) is 7.78. The number of aliphatic hydroxyl groups is 1. The van der Waals surface area contributed by atoms with Crippen molar-refractivity contribution < 1.29 is 14.3 Å². The van der Waals surface area contributed by atoms with E-state index in [0.717, 1.165) is 22.7 Å². The van der Waals surface area contributed by atoms with Crippen LogP contribution in [-0.2, 0) is 10.4 Å². The van der Waals surface area contributed by atoms with Crippen LogP contribution in [0.15, 0.2) is 16.5 Å². The molecule has 0 aliphatic heterocycles. The highest BCUT2D eigenvalue weighted by Gasteiger charge is 2.28. The van der Waals surface area contributed by atoms with Crippen molar-refractivity contribution in [2.75, 3.05) is 6.54 Å². The zero-order chi connectivity index (χ0) is 17.2. The van der Waals surface area contributed by atoms with Crippen LogP contribution in [0.1, 0.15) is 54.7 Å². The number of hydrogen-bond acceptors (Lipinski definition) is 4. The summed E-state index contributed by atoms with van der Waals surface area (Å²) in [6.45, 7) is 9.42. The molecule has 0 saturated carbocycles. The van der Waals surface area contributed by atoms with Gasteiger partial charge in [0.2, 0.25) is 5.91 Å². The number of aromatic amines is 1. The van der Waals surface area contributed by atoms with Crippen LogP contribution < -0.4 is 5.32 Å². The molecule has 0 aromatic carbocycles. The number of hydrogen-bond donors (Lipinski definition) is 3. The third-order valence-corrected chi connectivity index (χ3v) is 4.07. The topological polar surface area (TPSA) is 91.1 Å². The molecule has 1 amide bonds. The summed E-state index contributed by atoms with van der Waals surface area (Å²) < 4.78 is 5.44. The monoisotopic (exact) mass is 319 g/mol. The molecule has 6 nitrogen and oxygen atoms in total. The van der Waals surface area contributed by atoms with Crippen LogP contribution in [0.3, 0.4) is 0 Å². The van der Waals surface area contributed by atoms with E-state index in [4.69, 9.17) is 4.42 Å². The Balaban J connectivity index is 1.92. The minimum atomic E-state index is -1.23. The largest absolute Gasteiger partial charge is 0.463 e. The predicted octanol–water partition coefficient (Wildman–Crippen LogP) is 2.45. The second-order valence-corrected chi connectivity index (χ2v) is 6.41. The molecule has 2 heterocycles. The Kier molecular flexibility index (Phi) is 4.94. The number of furan rings is 1. The van der Waals surface area contributed by atoms with Gasteiger partial charge < -0.3 is 14.8 Å². The smallest absolute Gasteiger partial charge is 0.220 e. The Bertz CT molecular complexity index is 666. The summed E-state index contributed by atoms with van der Waals surface area (Å²) in [5, 5.41) is 20.3. The van der Waals surface area contributed by atoms with Crippen LogP contribution >= 0.6 is 0 Å². The fourth-order valence-electron chi connectivity index (χ4n) is 2.82. The SMILES string of the molecule is Cc1ccc(C(C)(O)CNC(=O)CC(C)c2c(C)n[nH]c2C)o1. The van der Waals surface area contributed by atoms with E-state index in [1.165, 1.54) is 0 Å². The molecule has 0 saturated heterocycles. The molecule has 2 rings (SSSR count). The summed E-state index contributed by atoms with van der Waals surface area (Å²) >= 11 is 0. The van der Waals surface area contributed by atoms with E-state index in [-0.39, 0.29) is 18.4 Å². The second kappa shape index (κ2) is 6.58. The minimum Gasteiger partial charge on any atom is -0.463 e. The maximum atomic E-state index is 12.2. The number of carbonyl (C=O) groups excluding carboxylic acids is 1. The Morgan fingerprint density at radius 1 is 1.43 bits per heavy atom. The third kappa shape index (κ3) is 4.01.